The normalized spacial score (nSPS) is 15.5. The number of benzene rings is 3. The average molecular weight is 312 g/mol. The molecular formula is C22H20N2. The molecule has 0 amide bonds. The maximum absolute atomic E-state index is 2.50. The maximum Gasteiger partial charge on any atom is 0.0685 e. The molecular weight excluding hydrogens is 292 g/mol. The van der Waals surface area contributed by atoms with Gasteiger partial charge in [0.25, 0.3) is 0 Å². The van der Waals surface area contributed by atoms with E-state index < -0.39 is 0 Å². The fourth-order valence-electron chi connectivity index (χ4n) is 4.11. The SMILES string of the molecule is c1ccc(N2CCc3cccc(N4CCc5ccccc54)c32)cc1. The lowest BCUT2D eigenvalue weighted by Crippen LogP contribution is -2.19. The summed E-state index contributed by atoms with van der Waals surface area (Å²) < 4.78 is 0. The third-order valence-electron chi connectivity index (χ3n) is 5.22. The molecule has 118 valence electrons. The minimum Gasteiger partial charge on any atom is -0.339 e. The van der Waals surface area contributed by atoms with E-state index in [1.54, 1.807) is 0 Å². The van der Waals surface area contributed by atoms with Gasteiger partial charge in [0.05, 0.1) is 11.4 Å². The van der Waals surface area contributed by atoms with Crippen LogP contribution in [-0.2, 0) is 12.8 Å². The molecule has 2 heteroatoms. The molecule has 0 aromatic heterocycles. The first kappa shape index (κ1) is 13.7. The van der Waals surface area contributed by atoms with Gasteiger partial charge >= 0.3 is 0 Å². The van der Waals surface area contributed by atoms with E-state index in [2.05, 4.69) is 82.6 Å². The molecule has 0 unspecified atom stereocenters. The van der Waals surface area contributed by atoms with Crippen molar-refractivity contribution in [1.29, 1.82) is 0 Å². The Hall–Kier alpha value is -2.74. The summed E-state index contributed by atoms with van der Waals surface area (Å²) in [6.07, 6.45) is 2.25. The van der Waals surface area contributed by atoms with Gasteiger partial charge in [0.15, 0.2) is 0 Å². The van der Waals surface area contributed by atoms with Gasteiger partial charge in [-0.25, -0.2) is 0 Å². The molecule has 0 bridgehead atoms. The van der Waals surface area contributed by atoms with Gasteiger partial charge in [-0.3, -0.25) is 0 Å². The summed E-state index contributed by atoms with van der Waals surface area (Å²) in [5.74, 6) is 0. The minimum atomic E-state index is 1.06. The predicted octanol–water partition coefficient (Wildman–Crippen LogP) is 5.08. The maximum atomic E-state index is 2.50. The molecule has 0 fully saturated rings. The van der Waals surface area contributed by atoms with Gasteiger partial charge < -0.3 is 9.80 Å². The molecule has 0 N–H and O–H groups in total. The predicted molar refractivity (Wildman–Crippen MR) is 101 cm³/mol. The topological polar surface area (TPSA) is 6.48 Å². The highest BCUT2D eigenvalue weighted by Gasteiger charge is 2.28. The van der Waals surface area contributed by atoms with Gasteiger partial charge in [-0.05, 0) is 48.2 Å². The van der Waals surface area contributed by atoms with Crippen molar-refractivity contribution in [1.82, 2.24) is 0 Å². The van der Waals surface area contributed by atoms with E-state index in [1.807, 2.05) is 0 Å². The lowest BCUT2D eigenvalue weighted by atomic mass is 10.1. The largest absolute Gasteiger partial charge is 0.339 e. The first-order valence-corrected chi connectivity index (χ1v) is 8.72. The zero-order valence-corrected chi connectivity index (χ0v) is 13.7. The van der Waals surface area contributed by atoms with Crippen molar-refractivity contribution in [2.75, 3.05) is 22.9 Å². The van der Waals surface area contributed by atoms with Crippen LogP contribution in [0.2, 0.25) is 0 Å². The summed E-state index contributed by atoms with van der Waals surface area (Å²) in [4.78, 5) is 4.97. The molecule has 2 heterocycles. The molecule has 0 saturated carbocycles. The van der Waals surface area contributed by atoms with E-state index in [0.29, 0.717) is 0 Å². The smallest absolute Gasteiger partial charge is 0.0685 e. The highest BCUT2D eigenvalue weighted by atomic mass is 15.2. The van der Waals surface area contributed by atoms with E-state index in [1.165, 1.54) is 33.9 Å². The summed E-state index contributed by atoms with van der Waals surface area (Å²) in [7, 11) is 0. The number of rotatable bonds is 2. The first-order chi connectivity index (χ1) is 11.9. The zero-order valence-electron chi connectivity index (χ0n) is 13.7. The summed E-state index contributed by atoms with van der Waals surface area (Å²) in [5, 5.41) is 0. The van der Waals surface area contributed by atoms with E-state index in [0.717, 1.165) is 25.9 Å². The number of fused-ring (bicyclic) bond motifs is 2. The molecule has 3 aromatic carbocycles. The summed E-state index contributed by atoms with van der Waals surface area (Å²) in [6, 6.07) is 26.3. The Balaban J connectivity index is 1.64. The van der Waals surface area contributed by atoms with Crippen LogP contribution in [0.3, 0.4) is 0 Å². The van der Waals surface area contributed by atoms with E-state index in [9.17, 15) is 0 Å². The second-order valence-electron chi connectivity index (χ2n) is 6.55. The van der Waals surface area contributed by atoms with Gasteiger partial charge in [-0.1, -0.05) is 48.5 Å². The summed E-state index contributed by atoms with van der Waals surface area (Å²) >= 11 is 0. The van der Waals surface area contributed by atoms with Crippen LogP contribution in [0.5, 0.6) is 0 Å². The number of hydrogen-bond donors (Lipinski definition) is 0. The Morgan fingerprint density at radius 3 is 2.12 bits per heavy atom. The molecule has 2 aliphatic heterocycles. The molecule has 2 aliphatic rings. The lowest BCUT2D eigenvalue weighted by Gasteiger charge is -2.28. The Bertz CT molecular complexity index is 885. The number of anilines is 4. The Kier molecular flexibility index (Phi) is 3.08. The number of nitrogens with zero attached hydrogens (tertiary/aromatic N) is 2. The molecule has 5 rings (SSSR count). The molecule has 3 aromatic rings. The van der Waals surface area contributed by atoms with Crippen LogP contribution in [0.4, 0.5) is 22.7 Å². The molecule has 2 nitrogen and oxygen atoms in total. The number of hydrogen-bond acceptors (Lipinski definition) is 2. The van der Waals surface area contributed by atoms with Crippen molar-refractivity contribution in [3.8, 4) is 0 Å². The van der Waals surface area contributed by atoms with Crippen molar-refractivity contribution in [2.45, 2.75) is 12.8 Å². The third-order valence-corrected chi connectivity index (χ3v) is 5.22. The van der Waals surface area contributed by atoms with Crippen LogP contribution in [0.25, 0.3) is 0 Å². The molecule has 0 saturated heterocycles. The van der Waals surface area contributed by atoms with Gasteiger partial charge in [0.1, 0.15) is 0 Å². The van der Waals surface area contributed by atoms with Gasteiger partial charge in [0.2, 0.25) is 0 Å². The summed E-state index contributed by atoms with van der Waals surface area (Å²) in [6.45, 7) is 2.13. The molecule has 0 atom stereocenters. The molecule has 0 spiro atoms. The van der Waals surface area contributed by atoms with Crippen LogP contribution in [-0.4, -0.2) is 13.1 Å². The van der Waals surface area contributed by atoms with E-state index in [-0.39, 0.29) is 0 Å². The average Bonchev–Trinajstić information content (AvgIpc) is 3.27. The first-order valence-electron chi connectivity index (χ1n) is 8.72. The minimum absolute atomic E-state index is 1.06. The lowest BCUT2D eigenvalue weighted by molar-refractivity contribution is 0.982. The van der Waals surface area contributed by atoms with Crippen LogP contribution >= 0.6 is 0 Å². The van der Waals surface area contributed by atoms with Gasteiger partial charge in [-0.15, -0.1) is 0 Å². The fourth-order valence-corrected chi connectivity index (χ4v) is 4.11. The highest BCUT2D eigenvalue weighted by molar-refractivity contribution is 5.87. The van der Waals surface area contributed by atoms with Crippen LogP contribution < -0.4 is 9.80 Å². The van der Waals surface area contributed by atoms with E-state index >= 15 is 0 Å². The zero-order chi connectivity index (χ0) is 15.9. The van der Waals surface area contributed by atoms with Crippen molar-refractivity contribution in [2.24, 2.45) is 0 Å². The van der Waals surface area contributed by atoms with Crippen LogP contribution in [0.1, 0.15) is 11.1 Å². The molecule has 24 heavy (non-hydrogen) atoms. The molecule has 0 aliphatic carbocycles. The number of para-hydroxylation sites is 3. The van der Waals surface area contributed by atoms with Crippen molar-refractivity contribution in [3.63, 3.8) is 0 Å². The van der Waals surface area contributed by atoms with Crippen molar-refractivity contribution < 1.29 is 0 Å². The van der Waals surface area contributed by atoms with E-state index in [4.69, 9.17) is 0 Å². The summed E-state index contributed by atoms with van der Waals surface area (Å²) in [5.41, 5.74) is 8.31. The monoisotopic (exact) mass is 312 g/mol. The molecule has 0 radical (unpaired) electrons. The van der Waals surface area contributed by atoms with Gasteiger partial charge in [0, 0.05) is 24.5 Å². The Morgan fingerprint density at radius 2 is 1.21 bits per heavy atom. The highest BCUT2D eigenvalue weighted by Crippen LogP contribution is 2.45. The Morgan fingerprint density at radius 1 is 0.542 bits per heavy atom. The third kappa shape index (κ3) is 2.03. The van der Waals surface area contributed by atoms with Crippen LogP contribution in [0.15, 0.2) is 72.8 Å². The second-order valence-corrected chi connectivity index (χ2v) is 6.55. The Labute approximate surface area is 143 Å². The quantitative estimate of drug-likeness (QED) is 0.651. The fraction of sp³-hybridized carbons (Fsp3) is 0.182. The van der Waals surface area contributed by atoms with Gasteiger partial charge in [-0.2, -0.15) is 0 Å². The standard InChI is InChI=1S/C22H20N2/c1-2-9-19(10-3-1)23-15-14-18-8-6-12-21(22(18)23)24-16-13-17-7-4-5-11-20(17)24/h1-12H,13-16H2. The van der Waals surface area contributed by atoms with Crippen LogP contribution in [0, 0.1) is 0 Å². The van der Waals surface area contributed by atoms with Crippen molar-refractivity contribution >= 4 is 22.7 Å². The van der Waals surface area contributed by atoms with Crippen molar-refractivity contribution in [3.05, 3.63) is 83.9 Å². The second kappa shape index (κ2) is 5.41.